The molecule has 29 heavy (non-hydrogen) atoms. The second-order valence-electron chi connectivity index (χ2n) is 7.16. The van der Waals surface area contributed by atoms with E-state index in [1.807, 2.05) is 18.2 Å². The van der Waals surface area contributed by atoms with Crippen LogP contribution in [0, 0.1) is 13.8 Å². The van der Waals surface area contributed by atoms with Gasteiger partial charge in [0.1, 0.15) is 5.69 Å². The molecule has 1 aromatic heterocycles. The van der Waals surface area contributed by atoms with Crippen LogP contribution in [0.25, 0.3) is 0 Å². The number of aryl methyl sites for hydroxylation is 2. The van der Waals surface area contributed by atoms with Gasteiger partial charge in [-0.25, -0.2) is 8.42 Å². The van der Waals surface area contributed by atoms with Gasteiger partial charge in [0.15, 0.2) is 10.7 Å². The SMILES string of the molecule is Cc1noc(C)c1S(=O)(=O)Nc1ccc(N2CCOCC2)cc1N1CCOCC1. The summed E-state index contributed by atoms with van der Waals surface area (Å²) < 4.78 is 44.8. The number of hydrogen-bond donors (Lipinski definition) is 1. The third-order valence-electron chi connectivity index (χ3n) is 5.19. The van der Waals surface area contributed by atoms with Gasteiger partial charge in [-0.2, -0.15) is 0 Å². The summed E-state index contributed by atoms with van der Waals surface area (Å²) in [6, 6.07) is 5.81. The Morgan fingerprint density at radius 1 is 0.966 bits per heavy atom. The van der Waals surface area contributed by atoms with Crippen LogP contribution in [0.3, 0.4) is 0 Å². The summed E-state index contributed by atoms with van der Waals surface area (Å²) in [7, 11) is -3.83. The molecule has 2 aliphatic heterocycles. The van der Waals surface area contributed by atoms with Crippen LogP contribution in [0.1, 0.15) is 11.5 Å². The quantitative estimate of drug-likeness (QED) is 0.779. The zero-order valence-corrected chi connectivity index (χ0v) is 17.5. The number of aromatic nitrogens is 1. The summed E-state index contributed by atoms with van der Waals surface area (Å²) in [6.07, 6.45) is 0. The lowest BCUT2D eigenvalue weighted by Crippen LogP contribution is -2.38. The summed E-state index contributed by atoms with van der Waals surface area (Å²) in [6.45, 7) is 8.84. The Hall–Kier alpha value is -2.30. The van der Waals surface area contributed by atoms with E-state index in [1.54, 1.807) is 13.8 Å². The monoisotopic (exact) mass is 422 g/mol. The maximum absolute atomic E-state index is 13.0. The molecule has 9 nitrogen and oxygen atoms in total. The summed E-state index contributed by atoms with van der Waals surface area (Å²) >= 11 is 0. The van der Waals surface area contributed by atoms with Crippen molar-refractivity contribution in [3.63, 3.8) is 0 Å². The van der Waals surface area contributed by atoms with Crippen molar-refractivity contribution in [1.29, 1.82) is 0 Å². The van der Waals surface area contributed by atoms with Crippen molar-refractivity contribution in [3.05, 3.63) is 29.7 Å². The largest absolute Gasteiger partial charge is 0.378 e. The minimum atomic E-state index is -3.83. The summed E-state index contributed by atoms with van der Waals surface area (Å²) in [4.78, 5) is 4.49. The molecule has 1 N–H and O–H groups in total. The molecule has 0 radical (unpaired) electrons. The Kier molecular flexibility index (Phi) is 5.66. The highest BCUT2D eigenvalue weighted by Gasteiger charge is 2.27. The Bertz CT molecular complexity index is 943. The summed E-state index contributed by atoms with van der Waals surface area (Å²) in [5, 5.41) is 3.77. The molecular weight excluding hydrogens is 396 g/mol. The Morgan fingerprint density at radius 2 is 1.59 bits per heavy atom. The molecule has 0 spiro atoms. The van der Waals surface area contributed by atoms with E-state index in [2.05, 4.69) is 19.7 Å². The van der Waals surface area contributed by atoms with E-state index in [1.165, 1.54) is 0 Å². The average molecular weight is 423 g/mol. The van der Waals surface area contributed by atoms with Gasteiger partial charge >= 0.3 is 0 Å². The first-order valence-electron chi connectivity index (χ1n) is 9.71. The molecule has 0 atom stereocenters. The second-order valence-corrected chi connectivity index (χ2v) is 8.78. The van der Waals surface area contributed by atoms with E-state index < -0.39 is 10.0 Å². The number of nitrogens with zero attached hydrogens (tertiary/aromatic N) is 3. The number of anilines is 3. The van der Waals surface area contributed by atoms with Crippen LogP contribution in [0.15, 0.2) is 27.6 Å². The molecule has 0 bridgehead atoms. The van der Waals surface area contributed by atoms with Gasteiger partial charge in [-0.05, 0) is 32.0 Å². The molecule has 158 valence electrons. The molecule has 10 heteroatoms. The Balaban J connectivity index is 1.69. The van der Waals surface area contributed by atoms with Crippen molar-refractivity contribution >= 4 is 27.1 Å². The topological polar surface area (TPSA) is 97.1 Å². The van der Waals surface area contributed by atoms with Gasteiger partial charge < -0.3 is 23.8 Å². The lowest BCUT2D eigenvalue weighted by atomic mass is 10.2. The fourth-order valence-electron chi connectivity index (χ4n) is 3.74. The zero-order chi connectivity index (χ0) is 20.4. The van der Waals surface area contributed by atoms with Crippen molar-refractivity contribution in [3.8, 4) is 0 Å². The highest BCUT2D eigenvalue weighted by atomic mass is 32.2. The molecule has 2 saturated heterocycles. The zero-order valence-electron chi connectivity index (χ0n) is 16.7. The van der Waals surface area contributed by atoms with Crippen molar-refractivity contribution in [2.75, 3.05) is 67.1 Å². The second kappa shape index (κ2) is 8.21. The highest BCUT2D eigenvalue weighted by molar-refractivity contribution is 7.92. The van der Waals surface area contributed by atoms with Crippen molar-refractivity contribution in [2.45, 2.75) is 18.7 Å². The predicted octanol–water partition coefficient (Wildman–Crippen LogP) is 1.77. The molecule has 0 unspecified atom stereocenters. The van der Waals surface area contributed by atoms with Crippen LogP contribution in [-0.2, 0) is 19.5 Å². The number of ether oxygens (including phenoxy) is 2. The van der Waals surface area contributed by atoms with Gasteiger partial charge in [-0.15, -0.1) is 0 Å². The minimum Gasteiger partial charge on any atom is -0.378 e. The lowest BCUT2D eigenvalue weighted by molar-refractivity contribution is 0.122. The van der Waals surface area contributed by atoms with Crippen LogP contribution in [0.5, 0.6) is 0 Å². The van der Waals surface area contributed by atoms with E-state index in [0.717, 1.165) is 24.5 Å². The van der Waals surface area contributed by atoms with Crippen molar-refractivity contribution in [1.82, 2.24) is 5.16 Å². The first-order valence-corrected chi connectivity index (χ1v) is 11.2. The number of sulfonamides is 1. The van der Waals surface area contributed by atoms with Crippen molar-refractivity contribution in [2.24, 2.45) is 0 Å². The van der Waals surface area contributed by atoms with Crippen molar-refractivity contribution < 1.29 is 22.4 Å². The van der Waals surface area contributed by atoms with Gasteiger partial charge in [0, 0.05) is 31.9 Å². The first-order chi connectivity index (χ1) is 14.0. The summed E-state index contributed by atoms with van der Waals surface area (Å²) in [5.41, 5.74) is 2.76. The molecule has 0 aliphatic carbocycles. The average Bonchev–Trinajstić information content (AvgIpc) is 3.08. The first kappa shape index (κ1) is 20.0. The smallest absolute Gasteiger partial charge is 0.267 e. The number of morpholine rings is 2. The van der Waals surface area contributed by atoms with Crippen LogP contribution in [-0.4, -0.2) is 66.2 Å². The maximum Gasteiger partial charge on any atom is 0.267 e. The van der Waals surface area contributed by atoms with E-state index in [4.69, 9.17) is 14.0 Å². The van der Waals surface area contributed by atoms with E-state index >= 15 is 0 Å². The maximum atomic E-state index is 13.0. The molecule has 0 saturated carbocycles. The normalized spacial score (nSPS) is 18.1. The number of hydrogen-bond acceptors (Lipinski definition) is 8. The van der Waals surface area contributed by atoms with Gasteiger partial charge in [-0.1, -0.05) is 5.16 Å². The molecule has 2 aliphatic rings. The van der Waals surface area contributed by atoms with E-state index in [-0.39, 0.29) is 10.7 Å². The number of benzene rings is 1. The number of rotatable bonds is 5. The molecule has 2 aromatic rings. The third kappa shape index (κ3) is 4.19. The van der Waals surface area contributed by atoms with Crippen LogP contribution in [0.4, 0.5) is 17.1 Å². The van der Waals surface area contributed by atoms with Gasteiger partial charge in [0.2, 0.25) is 0 Å². The Labute approximate surface area is 170 Å². The molecule has 1 aromatic carbocycles. The highest BCUT2D eigenvalue weighted by Crippen LogP contribution is 2.34. The fraction of sp³-hybridized carbons (Fsp3) is 0.526. The number of nitrogens with one attached hydrogen (secondary N) is 1. The van der Waals surface area contributed by atoms with Crippen LogP contribution in [0.2, 0.25) is 0 Å². The van der Waals surface area contributed by atoms with Gasteiger partial charge in [-0.3, -0.25) is 4.72 Å². The molecule has 4 rings (SSSR count). The molecule has 2 fully saturated rings. The third-order valence-corrected chi connectivity index (χ3v) is 6.80. The van der Waals surface area contributed by atoms with Crippen LogP contribution >= 0.6 is 0 Å². The fourth-order valence-corrected chi connectivity index (χ4v) is 5.15. The van der Waals surface area contributed by atoms with Crippen LogP contribution < -0.4 is 14.5 Å². The lowest BCUT2D eigenvalue weighted by Gasteiger charge is -2.33. The standard InChI is InChI=1S/C19H26N4O5S/c1-14-19(15(2)28-20-14)29(24,25)21-17-4-3-16(22-5-9-26-10-6-22)13-18(17)23-7-11-27-12-8-23/h3-4,13,21H,5-12H2,1-2H3. The van der Waals surface area contributed by atoms with Gasteiger partial charge in [0.25, 0.3) is 10.0 Å². The van der Waals surface area contributed by atoms with E-state index in [0.29, 0.717) is 50.9 Å². The molecule has 3 heterocycles. The Morgan fingerprint density at radius 3 is 2.17 bits per heavy atom. The minimum absolute atomic E-state index is 0.0858. The van der Waals surface area contributed by atoms with Gasteiger partial charge in [0.05, 0.1) is 37.8 Å². The molecule has 0 amide bonds. The van der Waals surface area contributed by atoms with E-state index in [9.17, 15) is 8.42 Å². The predicted molar refractivity (Wildman–Crippen MR) is 109 cm³/mol. The molecular formula is C19H26N4O5S. The summed E-state index contributed by atoms with van der Waals surface area (Å²) in [5.74, 6) is 0.271.